The number of carbonyl (C=O) groups is 2. The summed E-state index contributed by atoms with van der Waals surface area (Å²) in [6.45, 7) is 0.853. The third-order valence-electron chi connectivity index (χ3n) is 3.69. The summed E-state index contributed by atoms with van der Waals surface area (Å²) in [6, 6.07) is 0.868. The summed E-state index contributed by atoms with van der Waals surface area (Å²) >= 11 is 0. The molecule has 0 bridgehead atoms. The predicted molar refractivity (Wildman–Crippen MR) is 72.2 cm³/mol. The molecule has 0 aliphatic carbocycles. The van der Waals surface area contributed by atoms with Gasteiger partial charge in [-0.05, 0) is 12.5 Å². The van der Waals surface area contributed by atoms with Gasteiger partial charge in [0.2, 0.25) is 5.91 Å². The van der Waals surface area contributed by atoms with E-state index in [0.29, 0.717) is 13.0 Å². The number of benzene rings is 1. The van der Waals surface area contributed by atoms with Crippen LogP contribution in [0, 0.1) is 11.6 Å². The highest BCUT2D eigenvalue weighted by molar-refractivity contribution is 5.88. The van der Waals surface area contributed by atoms with Crippen molar-refractivity contribution in [2.24, 2.45) is 0 Å². The van der Waals surface area contributed by atoms with E-state index in [1.165, 1.54) is 4.90 Å². The van der Waals surface area contributed by atoms with Crippen molar-refractivity contribution in [3.05, 3.63) is 29.3 Å². The van der Waals surface area contributed by atoms with Crippen LogP contribution in [0.5, 0.6) is 5.75 Å². The van der Waals surface area contributed by atoms with Crippen LogP contribution < -0.4 is 15.4 Å². The highest BCUT2D eigenvalue weighted by atomic mass is 19.1. The number of rotatable bonds is 1. The fourth-order valence-electron chi connectivity index (χ4n) is 2.58. The molecule has 6 nitrogen and oxygen atoms in total. The first-order valence-corrected chi connectivity index (χ1v) is 6.98. The number of nitrogens with zero attached hydrogens (tertiary/aromatic N) is 1. The largest absolute Gasteiger partial charge is 0.488 e. The van der Waals surface area contributed by atoms with E-state index in [1.807, 2.05) is 0 Å². The first kappa shape index (κ1) is 14.6. The third kappa shape index (κ3) is 2.81. The van der Waals surface area contributed by atoms with E-state index in [4.69, 9.17) is 4.74 Å². The van der Waals surface area contributed by atoms with E-state index >= 15 is 0 Å². The summed E-state index contributed by atoms with van der Waals surface area (Å²) in [4.78, 5) is 25.1. The van der Waals surface area contributed by atoms with Crippen molar-refractivity contribution in [2.75, 3.05) is 19.7 Å². The van der Waals surface area contributed by atoms with Gasteiger partial charge in [0.05, 0.1) is 13.1 Å². The molecule has 1 fully saturated rings. The quantitative estimate of drug-likeness (QED) is 0.804. The molecule has 0 aromatic heterocycles. The number of amides is 3. The summed E-state index contributed by atoms with van der Waals surface area (Å²) < 4.78 is 32.3. The Hall–Kier alpha value is -2.38. The van der Waals surface area contributed by atoms with Crippen LogP contribution >= 0.6 is 0 Å². The maximum atomic E-state index is 13.7. The summed E-state index contributed by atoms with van der Waals surface area (Å²) in [6.07, 6.45) is 0.523. The van der Waals surface area contributed by atoms with Crippen LogP contribution in [0.3, 0.4) is 0 Å². The van der Waals surface area contributed by atoms with Crippen LogP contribution in [-0.2, 0) is 11.3 Å². The van der Waals surface area contributed by atoms with Crippen LogP contribution in [0.15, 0.2) is 12.1 Å². The summed E-state index contributed by atoms with van der Waals surface area (Å²) in [5.74, 6) is -1.77. The van der Waals surface area contributed by atoms with Gasteiger partial charge >= 0.3 is 6.03 Å². The number of carbonyl (C=O) groups excluding carboxylic acids is 2. The second-order valence-electron chi connectivity index (χ2n) is 5.23. The Balaban J connectivity index is 1.75. The molecule has 0 radical (unpaired) electrons. The molecule has 1 unspecified atom stereocenters. The number of fused-ring (bicyclic) bond motifs is 1. The molecule has 1 atom stereocenters. The van der Waals surface area contributed by atoms with Gasteiger partial charge in [0.1, 0.15) is 18.5 Å². The molecule has 3 rings (SSSR count). The number of nitrogens with one attached hydrogen (secondary N) is 2. The van der Waals surface area contributed by atoms with Gasteiger partial charge in [-0.1, -0.05) is 0 Å². The van der Waals surface area contributed by atoms with E-state index < -0.39 is 23.7 Å². The number of ether oxygens (including phenoxy) is 1. The average molecular weight is 311 g/mol. The Morgan fingerprint density at radius 2 is 2.23 bits per heavy atom. The van der Waals surface area contributed by atoms with Crippen molar-refractivity contribution < 1.29 is 23.1 Å². The van der Waals surface area contributed by atoms with E-state index in [0.717, 1.165) is 12.1 Å². The van der Waals surface area contributed by atoms with E-state index in [9.17, 15) is 18.4 Å². The Labute approximate surface area is 125 Å². The molecule has 0 spiro atoms. The average Bonchev–Trinajstić information content (AvgIpc) is 2.73. The van der Waals surface area contributed by atoms with Gasteiger partial charge in [0.25, 0.3) is 0 Å². The standard InChI is InChI=1S/C14H15F2N3O3/c15-9-5-8-7-19(3-4-22-12(8)10(16)6-9)14(21)18-11-1-2-17-13(11)20/h5-6,11H,1-4,7H2,(H,17,20)(H,18,21). The molecule has 2 aliphatic rings. The van der Waals surface area contributed by atoms with Crippen molar-refractivity contribution >= 4 is 11.9 Å². The Morgan fingerprint density at radius 3 is 2.95 bits per heavy atom. The second kappa shape index (κ2) is 5.78. The smallest absolute Gasteiger partial charge is 0.318 e. The zero-order valence-corrected chi connectivity index (χ0v) is 11.7. The van der Waals surface area contributed by atoms with Crippen molar-refractivity contribution in [3.8, 4) is 5.75 Å². The van der Waals surface area contributed by atoms with Gasteiger partial charge < -0.3 is 20.3 Å². The molecule has 2 aliphatic heterocycles. The van der Waals surface area contributed by atoms with Crippen LogP contribution in [0.1, 0.15) is 12.0 Å². The Kier molecular flexibility index (Phi) is 3.82. The fourth-order valence-corrected chi connectivity index (χ4v) is 2.58. The Bertz CT molecular complexity index is 624. The normalized spacial score (nSPS) is 20.7. The molecule has 0 saturated carbocycles. The molecule has 22 heavy (non-hydrogen) atoms. The van der Waals surface area contributed by atoms with E-state index in [1.54, 1.807) is 0 Å². The van der Waals surface area contributed by atoms with Crippen molar-refractivity contribution in [3.63, 3.8) is 0 Å². The molecular weight excluding hydrogens is 296 g/mol. The van der Waals surface area contributed by atoms with Crippen molar-refractivity contribution in [2.45, 2.75) is 19.0 Å². The van der Waals surface area contributed by atoms with Crippen molar-refractivity contribution in [1.82, 2.24) is 15.5 Å². The van der Waals surface area contributed by atoms with Crippen LogP contribution in [0.4, 0.5) is 13.6 Å². The molecule has 2 heterocycles. The molecule has 1 aromatic rings. The van der Waals surface area contributed by atoms with Crippen LogP contribution in [-0.4, -0.2) is 42.6 Å². The number of urea groups is 1. The third-order valence-corrected chi connectivity index (χ3v) is 3.69. The molecule has 118 valence electrons. The maximum absolute atomic E-state index is 13.7. The van der Waals surface area contributed by atoms with Crippen LogP contribution in [0.2, 0.25) is 0 Å². The molecular formula is C14H15F2N3O3. The Morgan fingerprint density at radius 1 is 1.41 bits per heavy atom. The zero-order valence-electron chi connectivity index (χ0n) is 11.7. The monoisotopic (exact) mass is 311 g/mol. The highest BCUT2D eigenvalue weighted by Gasteiger charge is 2.29. The predicted octanol–water partition coefficient (Wildman–Crippen LogP) is 0.757. The topological polar surface area (TPSA) is 70.7 Å². The fraction of sp³-hybridized carbons (Fsp3) is 0.429. The van der Waals surface area contributed by atoms with E-state index in [2.05, 4.69) is 10.6 Å². The minimum atomic E-state index is -0.785. The second-order valence-corrected chi connectivity index (χ2v) is 5.23. The van der Waals surface area contributed by atoms with E-state index in [-0.39, 0.29) is 36.9 Å². The van der Waals surface area contributed by atoms with Gasteiger partial charge in [-0.3, -0.25) is 4.79 Å². The first-order chi connectivity index (χ1) is 10.5. The first-order valence-electron chi connectivity index (χ1n) is 6.98. The minimum absolute atomic E-state index is 0.0180. The van der Waals surface area contributed by atoms with Crippen molar-refractivity contribution in [1.29, 1.82) is 0 Å². The van der Waals surface area contributed by atoms with Gasteiger partial charge in [0.15, 0.2) is 11.6 Å². The molecule has 3 amide bonds. The van der Waals surface area contributed by atoms with Gasteiger partial charge in [-0.15, -0.1) is 0 Å². The number of hydrogen-bond donors (Lipinski definition) is 2. The SMILES string of the molecule is O=C1NCCC1NC(=O)N1CCOc2c(F)cc(F)cc2C1. The molecule has 2 N–H and O–H groups in total. The lowest BCUT2D eigenvalue weighted by atomic mass is 10.1. The van der Waals surface area contributed by atoms with Gasteiger partial charge in [-0.25, -0.2) is 13.6 Å². The molecule has 1 saturated heterocycles. The molecule has 8 heteroatoms. The maximum Gasteiger partial charge on any atom is 0.318 e. The summed E-state index contributed by atoms with van der Waals surface area (Å²) in [7, 11) is 0. The summed E-state index contributed by atoms with van der Waals surface area (Å²) in [5.41, 5.74) is 0.265. The highest BCUT2D eigenvalue weighted by Crippen LogP contribution is 2.27. The summed E-state index contributed by atoms with van der Waals surface area (Å²) in [5, 5.41) is 5.24. The lowest BCUT2D eigenvalue weighted by molar-refractivity contribution is -0.120. The number of halogens is 2. The number of hydrogen-bond acceptors (Lipinski definition) is 3. The van der Waals surface area contributed by atoms with Gasteiger partial charge in [0, 0.05) is 18.2 Å². The molecule has 1 aromatic carbocycles. The lowest BCUT2D eigenvalue weighted by Crippen LogP contribution is -2.47. The van der Waals surface area contributed by atoms with Crippen LogP contribution in [0.25, 0.3) is 0 Å². The lowest BCUT2D eigenvalue weighted by Gasteiger charge is -2.22. The van der Waals surface area contributed by atoms with Gasteiger partial charge in [-0.2, -0.15) is 0 Å². The minimum Gasteiger partial charge on any atom is -0.488 e. The zero-order chi connectivity index (χ0) is 15.7.